The maximum absolute atomic E-state index is 11.0. The maximum atomic E-state index is 11.0. The molecule has 0 atom stereocenters. The van der Waals surface area contributed by atoms with Crippen molar-refractivity contribution in [2.75, 3.05) is 0 Å². The minimum absolute atomic E-state index is 0.0169. The van der Waals surface area contributed by atoms with E-state index in [1.807, 2.05) is 0 Å². The molecule has 0 bridgehead atoms. The second-order valence-corrected chi connectivity index (χ2v) is 5.20. The fraction of sp³-hybridized carbons (Fsp3) is 0.0556. The van der Waals surface area contributed by atoms with Crippen LogP contribution < -0.4 is 0 Å². The van der Waals surface area contributed by atoms with Crippen LogP contribution in [0, 0.1) is 10.1 Å². The molecule has 3 rings (SSSR count). The van der Waals surface area contributed by atoms with Gasteiger partial charge in [-0.25, -0.2) is 0 Å². The first-order chi connectivity index (χ1) is 11.5. The van der Waals surface area contributed by atoms with E-state index in [2.05, 4.69) is 0 Å². The predicted octanol–water partition coefficient (Wildman–Crippen LogP) is 4.15. The molecule has 0 saturated heterocycles. The highest BCUT2D eigenvalue weighted by Crippen LogP contribution is 2.32. The number of benzene rings is 2. The molecule has 6 nitrogen and oxygen atoms in total. The summed E-state index contributed by atoms with van der Waals surface area (Å²) in [6, 6.07) is 16.7. The first-order valence-electron chi connectivity index (χ1n) is 7.19. The molecular formula is C18H13NO5. The van der Waals surface area contributed by atoms with Gasteiger partial charge in [0, 0.05) is 23.3 Å². The highest BCUT2D eigenvalue weighted by atomic mass is 16.6. The molecule has 3 aromatic rings. The van der Waals surface area contributed by atoms with Gasteiger partial charge in [0.15, 0.2) is 0 Å². The molecule has 0 radical (unpaired) electrons. The molecule has 1 N–H and O–H groups in total. The van der Waals surface area contributed by atoms with Crippen molar-refractivity contribution in [2.24, 2.45) is 0 Å². The monoisotopic (exact) mass is 323 g/mol. The normalized spacial score (nSPS) is 10.5. The smallest absolute Gasteiger partial charge is 0.307 e. The summed E-state index contributed by atoms with van der Waals surface area (Å²) < 4.78 is 5.80. The predicted molar refractivity (Wildman–Crippen MR) is 87.6 cm³/mol. The van der Waals surface area contributed by atoms with Gasteiger partial charge < -0.3 is 9.52 Å². The zero-order chi connectivity index (χ0) is 17.1. The van der Waals surface area contributed by atoms with Crippen molar-refractivity contribution in [3.8, 4) is 22.6 Å². The zero-order valence-corrected chi connectivity index (χ0v) is 12.5. The fourth-order valence-corrected chi connectivity index (χ4v) is 2.49. The lowest BCUT2D eigenvalue weighted by molar-refractivity contribution is -0.384. The summed E-state index contributed by atoms with van der Waals surface area (Å²) in [6.45, 7) is 0. The number of carboxylic acid groups (broad SMARTS) is 1. The van der Waals surface area contributed by atoms with Gasteiger partial charge >= 0.3 is 5.97 Å². The van der Waals surface area contributed by atoms with E-state index in [4.69, 9.17) is 9.52 Å². The van der Waals surface area contributed by atoms with Crippen molar-refractivity contribution in [3.05, 3.63) is 76.3 Å². The number of hydrogen-bond acceptors (Lipinski definition) is 4. The van der Waals surface area contributed by atoms with Gasteiger partial charge in [-0.15, -0.1) is 0 Å². The SMILES string of the molecule is O=C(O)Cc1ccccc1-c1ccc(-c2cccc([N+](=O)[O-])c2)o1. The number of aliphatic carboxylic acids is 1. The largest absolute Gasteiger partial charge is 0.481 e. The minimum Gasteiger partial charge on any atom is -0.481 e. The lowest BCUT2D eigenvalue weighted by Crippen LogP contribution is -2.01. The molecule has 0 unspecified atom stereocenters. The Morgan fingerprint density at radius 2 is 1.79 bits per heavy atom. The van der Waals surface area contributed by atoms with E-state index in [0.717, 1.165) is 0 Å². The molecular weight excluding hydrogens is 310 g/mol. The fourth-order valence-electron chi connectivity index (χ4n) is 2.49. The topological polar surface area (TPSA) is 93.6 Å². The van der Waals surface area contributed by atoms with Gasteiger partial charge in [0.05, 0.1) is 11.3 Å². The van der Waals surface area contributed by atoms with Crippen molar-refractivity contribution in [1.82, 2.24) is 0 Å². The number of nitro benzene ring substituents is 1. The second kappa shape index (κ2) is 6.37. The summed E-state index contributed by atoms with van der Waals surface area (Å²) in [7, 11) is 0. The molecule has 0 amide bonds. The molecule has 0 aliphatic heterocycles. The van der Waals surface area contributed by atoms with Crippen LogP contribution in [0.4, 0.5) is 5.69 Å². The van der Waals surface area contributed by atoms with Crippen LogP contribution in [0.25, 0.3) is 22.6 Å². The summed E-state index contributed by atoms with van der Waals surface area (Å²) in [5.74, 6) is 0.0834. The quantitative estimate of drug-likeness (QED) is 0.562. The number of hydrogen-bond donors (Lipinski definition) is 1. The Morgan fingerprint density at radius 3 is 2.54 bits per heavy atom. The van der Waals surface area contributed by atoms with Gasteiger partial charge in [0.25, 0.3) is 5.69 Å². The molecule has 0 fully saturated rings. The molecule has 6 heteroatoms. The Labute approximate surface area is 137 Å². The molecule has 2 aromatic carbocycles. The highest BCUT2D eigenvalue weighted by Gasteiger charge is 2.14. The third kappa shape index (κ3) is 3.17. The standard InChI is InChI=1S/C18H13NO5/c20-18(21)11-12-4-1-2-7-15(12)17-9-8-16(24-17)13-5-3-6-14(10-13)19(22)23/h1-10H,11H2,(H,20,21). The number of nitro groups is 1. The third-order valence-electron chi connectivity index (χ3n) is 3.57. The number of carbonyl (C=O) groups is 1. The molecule has 0 aliphatic carbocycles. The van der Waals surface area contributed by atoms with Crippen molar-refractivity contribution in [1.29, 1.82) is 0 Å². The summed E-state index contributed by atoms with van der Waals surface area (Å²) >= 11 is 0. The Kier molecular flexibility index (Phi) is 4.11. The van der Waals surface area contributed by atoms with Crippen LogP contribution in [-0.2, 0) is 11.2 Å². The molecule has 0 aliphatic rings. The summed E-state index contributed by atoms with van der Waals surface area (Å²) in [5, 5.41) is 19.9. The Bertz CT molecular complexity index is 913. The molecule has 24 heavy (non-hydrogen) atoms. The molecule has 120 valence electrons. The second-order valence-electron chi connectivity index (χ2n) is 5.20. The molecule has 1 heterocycles. The number of nitrogens with zero attached hydrogens (tertiary/aromatic N) is 1. The van der Waals surface area contributed by atoms with E-state index in [1.54, 1.807) is 48.5 Å². The number of non-ortho nitro benzene ring substituents is 1. The van der Waals surface area contributed by atoms with E-state index in [1.165, 1.54) is 12.1 Å². The number of furan rings is 1. The van der Waals surface area contributed by atoms with Crippen LogP contribution in [0.15, 0.2) is 65.1 Å². The summed E-state index contributed by atoms with van der Waals surface area (Å²) in [5.41, 5.74) is 1.91. The van der Waals surface area contributed by atoms with Crippen molar-refractivity contribution in [3.63, 3.8) is 0 Å². The molecule has 0 spiro atoms. The molecule has 0 saturated carbocycles. The van der Waals surface area contributed by atoms with Crippen LogP contribution >= 0.6 is 0 Å². The summed E-state index contributed by atoms with van der Waals surface area (Å²) in [6.07, 6.45) is -0.108. The van der Waals surface area contributed by atoms with Crippen molar-refractivity contribution >= 4 is 11.7 Å². The van der Waals surface area contributed by atoms with Crippen molar-refractivity contribution < 1.29 is 19.2 Å². The van der Waals surface area contributed by atoms with Gasteiger partial charge in [-0.3, -0.25) is 14.9 Å². The van der Waals surface area contributed by atoms with E-state index in [0.29, 0.717) is 28.2 Å². The molecule has 1 aromatic heterocycles. The van der Waals surface area contributed by atoms with Crippen LogP contribution in [0.1, 0.15) is 5.56 Å². The van der Waals surface area contributed by atoms with E-state index in [9.17, 15) is 14.9 Å². The third-order valence-corrected chi connectivity index (χ3v) is 3.57. The first kappa shape index (κ1) is 15.5. The Balaban J connectivity index is 1.99. The average molecular weight is 323 g/mol. The van der Waals surface area contributed by atoms with Crippen molar-refractivity contribution in [2.45, 2.75) is 6.42 Å². The summed E-state index contributed by atoms with van der Waals surface area (Å²) in [4.78, 5) is 21.4. The van der Waals surface area contributed by atoms with Gasteiger partial charge in [-0.2, -0.15) is 0 Å². The van der Waals surface area contributed by atoms with Gasteiger partial charge in [0.2, 0.25) is 0 Å². The van der Waals surface area contributed by atoms with Gasteiger partial charge in [-0.05, 0) is 17.7 Å². The van der Waals surface area contributed by atoms with E-state index in [-0.39, 0.29) is 12.1 Å². The van der Waals surface area contributed by atoms with Crippen LogP contribution in [0.3, 0.4) is 0 Å². The van der Waals surface area contributed by atoms with Gasteiger partial charge in [0.1, 0.15) is 11.5 Å². The van der Waals surface area contributed by atoms with E-state index < -0.39 is 10.9 Å². The highest BCUT2D eigenvalue weighted by molar-refractivity contribution is 5.76. The van der Waals surface area contributed by atoms with Crippen LogP contribution in [0.2, 0.25) is 0 Å². The van der Waals surface area contributed by atoms with Gasteiger partial charge in [-0.1, -0.05) is 36.4 Å². The maximum Gasteiger partial charge on any atom is 0.307 e. The Morgan fingerprint density at radius 1 is 1.04 bits per heavy atom. The zero-order valence-electron chi connectivity index (χ0n) is 12.5. The average Bonchev–Trinajstić information content (AvgIpc) is 3.05. The first-order valence-corrected chi connectivity index (χ1v) is 7.19. The lowest BCUT2D eigenvalue weighted by atomic mass is 10.0. The van der Waals surface area contributed by atoms with Crippen LogP contribution in [0.5, 0.6) is 0 Å². The van der Waals surface area contributed by atoms with E-state index >= 15 is 0 Å². The minimum atomic E-state index is -0.923. The van der Waals surface area contributed by atoms with Crippen LogP contribution in [-0.4, -0.2) is 16.0 Å². The number of rotatable bonds is 5. The lowest BCUT2D eigenvalue weighted by Gasteiger charge is -2.05. The number of carboxylic acids is 1. The Hall–Kier alpha value is -3.41.